The topological polar surface area (TPSA) is 65.1 Å². The number of thioether (sulfide) groups is 1. The van der Waals surface area contributed by atoms with E-state index in [1.165, 1.54) is 11.0 Å². The van der Waals surface area contributed by atoms with Crippen molar-refractivity contribution in [3.05, 3.63) is 92.5 Å². The summed E-state index contributed by atoms with van der Waals surface area (Å²) in [4.78, 5) is 26.9. The largest absolute Gasteiger partial charge is 0.492 e. The van der Waals surface area contributed by atoms with Crippen LogP contribution < -0.4 is 14.2 Å². The number of halogens is 2. The predicted molar refractivity (Wildman–Crippen MR) is 145 cm³/mol. The van der Waals surface area contributed by atoms with Crippen LogP contribution >= 0.6 is 27.7 Å². The first-order valence-electron chi connectivity index (χ1n) is 11.6. The van der Waals surface area contributed by atoms with Crippen molar-refractivity contribution < 1.29 is 28.2 Å². The number of nitrogens with zero attached hydrogens (tertiary/aromatic N) is 1. The van der Waals surface area contributed by atoms with Gasteiger partial charge in [-0.1, -0.05) is 35.9 Å². The molecule has 0 radical (unpaired) electrons. The first kappa shape index (κ1) is 26.8. The Morgan fingerprint density at radius 3 is 2.51 bits per heavy atom. The SMILES string of the molecule is CCOc1cc(/C=C2\SC(=O)N(CCOc3ccc(C)cc3)C2=O)cc(Br)c1OCc1ccccc1F. The Morgan fingerprint density at radius 1 is 1.03 bits per heavy atom. The third-order valence-electron chi connectivity index (χ3n) is 5.44. The van der Waals surface area contributed by atoms with Crippen molar-refractivity contribution in [3.63, 3.8) is 0 Å². The number of carbonyl (C=O) groups excluding carboxylic acids is 2. The van der Waals surface area contributed by atoms with Crippen molar-refractivity contribution in [3.8, 4) is 17.2 Å². The molecule has 6 nitrogen and oxygen atoms in total. The second-order valence-electron chi connectivity index (χ2n) is 8.14. The maximum Gasteiger partial charge on any atom is 0.293 e. The van der Waals surface area contributed by atoms with Crippen LogP contribution in [-0.4, -0.2) is 35.8 Å². The van der Waals surface area contributed by atoms with Crippen molar-refractivity contribution in [2.75, 3.05) is 19.8 Å². The lowest BCUT2D eigenvalue weighted by Gasteiger charge is -2.15. The number of benzene rings is 3. The summed E-state index contributed by atoms with van der Waals surface area (Å²) < 4.78 is 31.9. The summed E-state index contributed by atoms with van der Waals surface area (Å²) in [5.74, 6) is 0.803. The van der Waals surface area contributed by atoms with Gasteiger partial charge in [-0.15, -0.1) is 0 Å². The van der Waals surface area contributed by atoms with Crippen molar-refractivity contribution in [2.24, 2.45) is 0 Å². The Kier molecular flexibility index (Phi) is 8.89. The van der Waals surface area contributed by atoms with Crippen molar-refractivity contribution in [2.45, 2.75) is 20.5 Å². The minimum atomic E-state index is -0.378. The zero-order valence-electron chi connectivity index (χ0n) is 20.3. The van der Waals surface area contributed by atoms with Crippen LogP contribution in [0.1, 0.15) is 23.6 Å². The molecule has 3 aromatic rings. The van der Waals surface area contributed by atoms with E-state index in [-0.39, 0.29) is 36.7 Å². The number of aryl methyl sites for hydroxylation is 1. The maximum atomic E-state index is 14.0. The lowest BCUT2D eigenvalue weighted by atomic mass is 10.1. The van der Waals surface area contributed by atoms with E-state index in [2.05, 4.69) is 15.9 Å². The number of ether oxygens (including phenoxy) is 3. The first-order valence-corrected chi connectivity index (χ1v) is 13.2. The molecular formula is C28H25BrFNO5S. The van der Waals surface area contributed by atoms with E-state index in [0.29, 0.717) is 44.4 Å². The Hall–Kier alpha value is -3.30. The third-order valence-corrected chi connectivity index (χ3v) is 6.93. The Balaban J connectivity index is 1.46. The van der Waals surface area contributed by atoms with E-state index in [1.54, 1.807) is 36.4 Å². The number of amides is 2. The van der Waals surface area contributed by atoms with Gasteiger partial charge in [-0.25, -0.2) is 4.39 Å². The molecule has 1 heterocycles. The van der Waals surface area contributed by atoms with Crippen molar-refractivity contribution >= 4 is 44.9 Å². The van der Waals surface area contributed by atoms with Gasteiger partial charge in [-0.05, 0) is 83.5 Å². The van der Waals surface area contributed by atoms with Gasteiger partial charge in [0.1, 0.15) is 24.8 Å². The van der Waals surface area contributed by atoms with Gasteiger partial charge in [0.25, 0.3) is 11.1 Å². The van der Waals surface area contributed by atoms with E-state index in [1.807, 2.05) is 38.1 Å². The fourth-order valence-electron chi connectivity index (χ4n) is 3.57. The average molecular weight is 586 g/mol. The van der Waals surface area contributed by atoms with Crippen LogP contribution in [0.25, 0.3) is 6.08 Å². The highest BCUT2D eigenvalue weighted by Gasteiger charge is 2.35. The monoisotopic (exact) mass is 585 g/mol. The first-order chi connectivity index (χ1) is 17.9. The van der Waals surface area contributed by atoms with Gasteiger partial charge in [-0.2, -0.15) is 0 Å². The number of hydrogen-bond donors (Lipinski definition) is 0. The van der Waals surface area contributed by atoms with Crippen LogP contribution in [0.3, 0.4) is 0 Å². The molecule has 3 aromatic carbocycles. The van der Waals surface area contributed by atoms with Crippen LogP contribution in [0.2, 0.25) is 0 Å². The molecule has 1 fully saturated rings. The van der Waals surface area contributed by atoms with Gasteiger partial charge in [0, 0.05) is 5.56 Å². The van der Waals surface area contributed by atoms with Crippen LogP contribution in [0.15, 0.2) is 70.0 Å². The number of hydrogen-bond acceptors (Lipinski definition) is 6. The van der Waals surface area contributed by atoms with Crippen LogP contribution in [0.4, 0.5) is 9.18 Å². The summed E-state index contributed by atoms with van der Waals surface area (Å²) in [5.41, 5.74) is 2.18. The second kappa shape index (κ2) is 12.3. The Morgan fingerprint density at radius 2 is 1.78 bits per heavy atom. The van der Waals surface area contributed by atoms with Gasteiger partial charge < -0.3 is 14.2 Å². The molecular weight excluding hydrogens is 561 g/mol. The normalized spacial score (nSPS) is 14.4. The average Bonchev–Trinajstić information content (AvgIpc) is 3.13. The molecule has 0 saturated carbocycles. The highest BCUT2D eigenvalue weighted by molar-refractivity contribution is 9.10. The van der Waals surface area contributed by atoms with Crippen molar-refractivity contribution in [1.82, 2.24) is 4.90 Å². The number of carbonyl (C=O) groups is 2. The third kappa shape index (κ3) is 6.72. The molecule has 0 unspecified atom stereocenters. The molecule has 0 atom stereocenters. The van der Waals surface area contributed by atoms with Crippen LogP contribution in [-0.2, 0) is 11.4 Å². The highest BCUT2D eigenvalue weighted by atomic mass is 79.9. The van der Waals surface area contributed by atoms with E-state index >= 15 is 0 Å². The molecule has 192 valence electrons. The molecule has 1 saturated heterocycles. The lowest BCUT2D eigenvalue weighted by Crippen LogP contribution is -2.32. The van der Waals surface area contributed by atoms with Crippen LogP contribution in [0.5, 0.6) is 17.2 Å². The van der Waals surface area contributed by atoms with E-state index in [4.69, 9.17) is 14.2 Å². The quantitative estimate of drug-likeness (QED) is 0.239. The summed E-state index contributed by atoms with van der Waals surface area (Å²) in [5, 5.41) is -0.349. The van der Waals surface area contributed by atoms with E-state index in [9.17, 15) is 14.0 Å². The minimum Gasteiger partial charge on any atom is -0.492 e. The number of imide groups is 1. The summed E-state index contributed by atoms with van der Waals surface area (Å²) in [6.07, 6.45) is 1.64. The molecule has 2 amide bonds. The van der Waals surface area contributed by atoms with E-state index < -0.39 is 0 Å². The standard InChI is InChI=1S/C28H25BrFNO5S/c1-3-34-24-15-19(14-22(29)26(24)36-17-20-6-4-5-7-23(20)30)16-25-27(32)31(28(33)37-25)12-13-35-21-10-8-18(2)9-11-21/h4-11,14-16H,3,12-13,17H2,1-2H3/b25-16-. The summed E-state index contributed by atoms with van der Waals surface area (Å²) in [6.45, 7) is 4.57. The second-order valence-corrected chi connectivity index (χ2v) is 9.99. The summed E-state index contributed by atoms with van der Waals surface area (Å²) in [6, 6.07) is 17.4. The Bertz CT molecular complexity index is 1330. The summed E-state index contributed by atoms with van der Waals surface area (Å²) >= 11 is 4.37. The lowest BCUT2D eigenvalue weighted by molar-refractivity contribution is -0.123. The zero-order chi connectivity index (χ0) is 26.4. The van der Waals surface area contributed by atoms with Gasteiger partial charge in [0.2, 0.25) is 0 Å². The van der Waals surface area contributed by atoms with Crippen LogP contribution in [0, 0.1) is 12.7 Å². The van der Waals surface area contributed by atoms with Gasteiger partial charge in [0.05, 0.1) is 22.5 Å². The molecule has 37 heavy (non-hydrogen) atoms. The highest BCUT2D eigenvalue weighted by Crippen LogP contribution is 2.39. The van der Waals surface area contributed by atoms with Gasteiger partial charge >= 0.3 is 0 Å². The molecule has 9 heteroatoms. The molecule has 0 bridgehead atoms. The Labute approximate surface area is 227 Å². The smallest absolute Gasteiger partial charge is 0.293 e. The van der Waals surface area contributed by atoms with Gasteiger partial charge in [-0.3, -0.25) is 14.5 Å². The van der Waals surface area contributed by atoms with E-state index in [0.717, 1.165) is 17.3 Å². The van der Waals surface area contributed by atoms with Gasteiger partial charge in [0.15, 0.2) is 11.5 Å². The molecule has 1 aliphatic heterocycles. The maximum absolute atomic E-state index is 14.0. The molecule has 4 rings (SSSR count). The van der Waals surface area contributed by atoms with Crippen molar-refractivity contribution in [1.29, 1.82) is 0 Å². The molecule has 1 aliphatic rings. The predicted octanol–water partition coefficient (Wildman–Crippen LogP) is 6.99. The fourth-order valence-corrected chi connectivity index (χ4v) is 5.01. The number of rotatable bonds is 10. The minimum absolute atomic E-state index is 0.0221. The molecule has 0 aliphatic carbocycles. The fraction of sp³-hybridized carbons (Fsp3) is 0.214. The molecule has 0 spiro atoms. The molecule has 0 N–H and O–H groups in total. The summed E-state index contributed by atoms with van der Waals surface area (Å²) in [7, 11) is 0. The zero-order valence-corrected chi connectivity index (χ0v) is 22.7. The molecule has 0 aromatic heterocycles.